The van der Waals surface area contributed by atoms with E-state index < -0.39 is 11.6 Å². The van der Waals surface area contributed by atoms with Crippen LogP contribution in [0.15, 0.2) is 121 Å². The number of aromatic carboxylic acids is 1. The van der Waals surface area contributed by atoms with Crippen molar-refractivity contribution >= 4 is 18.0 Å². The molecular formula is C50H40N8O9. The number of carboxylic acids is 1. The van der Waals surface area contributed by atoms with Crippen LogP contribution in [0.25, 0.3) is 0 Å². The third kappa shape index (κ3) is 14.0. The van der Waals surface area contributed by atoms with Crippen LogP contribution in [0.2, 0.25) is 0 Å². The van der Waals surface area contributed by atoms with Crippen LogP contribution in [0.4, 0.5) is 4.79 Å². The lowest BCUT2D eigenvalue weighted by Crippen LogP contribution is -2.47. The number of hydrogen-bond donors (Lipinski definition) is 2. The number of pyridine rings is 2. The average Bonchev–Trinajstić information content (AvgIpc) is 3.32. The molecular weight excluding hydrogens is 857 g/mol. The summed E-state index contributed by atoms with van der Waals surface area (Å²) in [6.07, 6.45) is 0.805. The van der Waals surface area contributed by atoms with Crippen molar-refractivity contribution < 1.29 is 43.2 Å². The Bertz CT molecular complexity index is 2750. The summed E-state index contributed by atoms with van der Waals surface area (Å²) in [5.41, 5.74) is 1.55. The third-order valence-corrected chi connectivity index (χ3v) is 9.37. The second-order valence-electron chi connectivity index (χ2n) is 15.5. The average molecular weight is 897 g/mol. The Morgan fingerprint density at radius 3 is 1.16 bits per heavy atom. The third-order valence-electron chi connectivity index (χ3n) is 9.37. The Balaban J connectivity index is 0.000000238. The summed E-state index contributed by atoms with van der Waals surface area (Å²) < 4.78 is 28.3. The molecule has 3 heterocycles. The van der Waals surface area contributed by atoms with Gasteiger partial charge in [-0.15, -0.1) is 0 Å². The highest BCUT2D eigenvalue weighted by molar-refractivity contribution is 5.95. The number of nitriles is 4. The largest absolute Gasteiger partial charge is 0.478 e. The molecule has 0 saturated carbocycles. The number of likely N-dealkylation sites (tertiary alicyclic amines) is 1. The van der Waals surface area contributed by atoms with Crippen LogP contribution in [-0.4, -0.2) is 62.7 Å². The number of nitrogens with zero attached hydrogens (tertiary/aromatic N) is 7. The van der Waals surface area contributed by atoms with Crippen molar-refractivity contribution in [1.29, 1.82) is 21.0 Å². The maximum absolute atomic E-state index is 13.3. The van der Waals surface area contributed by atoms with Gasteiger partial charge in [0.15, 0.2) is 0 Å². The van der Waals surface area contributed by atoms with Crippen molar-refractivity contribution in [1.82, 2.24) is 20.2 Å². The molecule has 1 fully saturated rings. The van der Waals surface area contributed by atoms with Gasteiger partial charge >= 0.3 is 12.1 Å². The lowest BCUT2D eigenvalue weighted by molar-refractivity contribution is 0.0199. The Morgan fingerprint density at radius 2 is 0.881 bits per heavy atom. The SMILES string of the molecule is CC(C)(C)OC(=O)N1CCC(NC(=O)c2cc(Oc3ccc(C#N)cc3)nc(Oc3ccc(C#N)cc3)c2)CC1.N#Cc1ccc(Oc2cc(C(=O)O)cc(Oc3ccc(C#N)cc3)n2)cc1. The van der Waals surface area contributed by atoms with E-state index in [-0.39, 0.29) is 52.7 Å². The standard InChI is InChI=1S/C30H29N5O5.C20H11N3O4/c1-30(2,3)40-29(37)35-14-12-23(13-15-35)33-28(36)22-16-26(38-24-8-4-20(18-31)5-9-24)34-27(17-22)39-25-10-6-21(19-32)7-11-25;21-11-13-1-5-16(6-2-13)26-18-9-15(20(24)25)10-19(23-18)27-17-7-3-14(12-22)4-8-17/h4-11,16-17,23H,12-15H2,1-3H3,(H,33,36);1-10H,(H,24,25). The smallest absolute Gasteiger partial charge is 0.410 e. The first-order valence-corrected chi connectivity index (χ1v) is 20.5. The second-order valence-corrected chi connectivity index (χ2v) is 15.5. The van der Waals surface area contributed by atoms with Crippen molar-refractivity contribution in [2.24, 2.45) is 0 Å². The second kappa shape index (κ2) is 21.8. The highest BCUT2D eigenvalue weighted by atomic mass is 16.6. The van der Waals surface area contributed by atoms with Gasteiger partial charge in [-0.3, -0.25) is 4.79 Å². The normalized spacial score (nSPS) is 12.0. The molecule has 2 aromatic heterocycles. The topological polar surface area (TPSA) is 254 Å². The fraction of sp³-hybridized carbons (Fsp3) is 0.180. The summed E-state index contributed by atoms with van der Waals surface area (Å²) >= 11 is 0. The van der Waals surface area contributed by atoms with Crippen LogP contribution >= 0.6 is 0 Å². The first-order valence-electron chi connectivity index (χ1n) is 20.5. The minimum Gasteiger partial charge on any atom is -0.478 e. The Morgan fingerprint density at radius 1 is 0.567 bits per heavy atom. The fourth-order valence-electron chi connectivity index (χ4n) is 6.10. The van der Waals surface area contributed by atoms with E-state index in [0.717, 1.165) is 0 Å². The molecule has 4 aromatic carbocycles. The molecule has 0 aliphatic carbocycles. The molecule has 7 rings (SSSR count). The molecule has 0 atom stereocenters. The number of carbonyl (C=O) groups is 3. The summed E-state index contributed by atoms with van der Waals surface area (Å²) in [5, 5.41) is 48.0. The molecule has 2 amide bonds. The highest BCUT2D eigenvalue weighted by Gasteiger charge is 2.28. The molecule has 1 aliphatic rings. The lowest BCUT2D eigenvalue weighted by atomic mass is 10.0. The van der Waals surface area contributed by atoms with Gasteiger partial charge in [0.05, 0.1) is 57.7 Å². The van der Waals surface area contributed by atoms with Crippen molar-refractivity contribution in [3.63, 3.8) is 0 Å². The van der Waals surface area contributed by atoms with Gasteiger partial charge in [-0.2, -0.15) is 31.0 Å². The van der Waals surface area contributed by atoms with E-state index >= 15 is 0 Å². The van der Waals surface area contributed by atoms with Crippen molar-refractivity contribution in [2.45, 2.75) is 45.3 Å². The quantitative estimate of drug-likeness (QED) is 0.123. The summed E-state index contributed by atoms with van der Waals surface area (Å²) in [4.78, 5) is 47.2. The molecule has 67 heavy (non-hydrogen) atoms. The number of carboxylic acid groups (broad SMARTS) is 1. The summed E-state index contributed by atoms with van der Waals surface area (Å²) in [6, 6.07) is 39.1. The summed E-state index contributed by atoms with van der Waals surface area (Å²) in [7, 11) is 0. The zero-order valence-electron chi connectivity index (χ0n) is 36.3. The van der Waals surface area contributed by atoms with Gasteiger partial charge in [-0.1, -0.05) is 0 Å². The van der Waals surface area contributed by atoms with E-state index in [9.17, 15) is 19.5 Å². The first-order chi connectivity index (χ1) is 32.2. The Labute approximate surface area is 385 Å². The molecule has 0 bridgehead atoms. The number of rotatable bonds is 11. The van der Waals surface area contributed by atoms with E-state index in [1.54, 1.807) is 102 Å². The molecule has 6 aromatic rings. The molecule has 2 N–H and O–H groups in total. The van der Waals surface area contributed by atoms with E-state index in [2.05, 4.69) is 27.4 Å². The van der Waals surface area contributed by atoms with Crippen LogP contribution < -0.4 is 24.3 Å². The highest BCUT2D eigenvalue weighted by Crippen LogP contribution is 2.30. The van der Waals surface area contributed by atoms with Gasteiger partial charge in [0.2, 0.25) is 23.5 Å². The number of nitrogens with one attached hydrogen (secondary N) is 1. The van der Waals surface area contributed by atoms with Crippen molar-refractivity contribution in [2.75, 3.05) is 13.1 Å². The number of aromatic nitrogens is 2. The molecule has 1 saturated heterocycles. The van der Waals surface area contributed by atoms with Gasteiger partial charge in [0.1, 0.15) is 28.6 Å². The zero-order valence-corrected chi connectivity index (χ0v) is 36.3. The van der Waals surface area contributed by atoms with Gasteiger partial charge in [-0.25, -0.2) is 9.59 Å². The maximum Gasteiger partial charge on any atom is 0.410 e. The molecule has 17 nitrogen and oxygen atoms in total. The molecule has 17 heteroatoms. The molecule has 0 unspecified atom stereocenters. The monoisotopic (exact) mass is 896 g/mol. The molecule has 1 aliphatic heterocycles. The number of piperidine rings is 1. The van der Waals surface area contributed by atoms with Crippen molar-refractivity contribution in [3.05, 3.63) is 155 Å². The van der Waals surface area contributed by atoms with Crippen LogP contribution in [0.3, 0.4) is 0 Å². The molecule has 0 radical (unpaired) electrons. The van der Waals surface area contributed by atoms with Gasteiger partial charge in [0, 0.05) is 43.4 Å². The van der Waals surface area contributed by atoms with E-state index in [1.807, 2.05) is 32.9 Å². The Hall–Kier alpha value is -9.45. The van der Waals surface area contributed by atoms with E-state index in [0.29, 0.717) is 71.2 Å². The van der Waals surface area contributed by atoms with Crippen molar-refractivity contribution in [3.8, 4) is 70.8 Å². The number of amides is 2. The van der Waals surface area contributed by atoms with Crippen LogP contribution in [-0.2, 0) is 4.74 Å². The molecule has 334 valence electrons. The lowest BCUT2D eigenvalue weighted by Gasteiger charge is -2.33. The van der Waals surface area contributed by atoms with Crippen LogP contribution in [0.5, 0.6) is 46.5 Å². The number of hydrogen-bond acceptors (Lipinski definition) is 14. The predicted molar refractivity (Wildman–Crippen MR) is 239 cm³/mol. The van der Waals surface area contributed by atoms with E-state index in [4.69, 9.17) is 44.7 Å². The first kappa shape index (κ1) is 47.0. The van der Waals surface area contributed by atoms with Crippen LogP contribution in [0, 0.1) is 45.3 Å². The number of ether oxygens (including phenoxy) is 5. The number of carbonyl (C=O) groups excluding carboxylic acids is 2. The minimum atomic E-state index is -1.16. The van der Waals surface area contributed by atoms with Gasteiger partial charge in [-0.05, 0) is 131 Å². The fourth-order valence-corrected chi connectivity index (χ4v) is 6.10. The maximum atomic E-state index is 13.3. The van der Waals surface area contributed by atoms with Gasteiger partial charge < -0.3 is 39.0 Å². The van der Waals surface area contributed by atoms with Gasteiger partial charge in [0.25, 0.3) is 5.91 Å². The summed E-state index contributed by atoms with van der Waals surface area (Å²) in [6.45, 7) is 6.41. The zero-order chi connectivity index (χ0) is 47.9. The molecule has 0 spiro atoms. The summed E-state index contributed by atoms with van der Waals surface area (Å²) in [5.74, 6) is 0.472. The predicted octanol–water partition coefficient (Wildman–Crippen LogP) is 9.65. The van der Waals surface area contributed by atoms with E-state index in [1.165, 1.54) is 24.3 Å². The Kier molecular flexibility index (Phi) is 15.3. The minimum absolute atomic E-state index is 0.0308. The number of benzene rings is 4. The van der Waals surface area contributed by atoms with Crippen LogP contribution in [0.1, 0.15) is 76.6 Å².